The van der Waals surface area contributed by atoms with Gasteiger partial charge in [0.15, 0.2) is 0 Å². The molecule has 3 rings (SSSR count). The van der Waals surface area contributed by atoms with E-state index in [2.05, 4.69) is 43.4 Å². The summed E-state index contributed by atoms with van der Waals surface area (Å²) in [7, 11) is 1.81. The minimum Gasteiger partial charge on any atom is -0.457 e. The molecule has 0 fully saturated rings. The number of hydrogen-bond acceptors (Lipinski definition) is 2. The molecular formula is C27H32N2O2. The van der Waals surface area contributed by atoms with E-state index in [1.54, 1.807) is 4.90 Å². The van der Waals surface area contributed by atoms with Crippen LogP contribution in [0.3, 0.4) is 0 Å². The molecule has 0 radical (unpaired) electrons. The highest BCUT2D eigenvalue weighted by molar-refractivity contribution is 5.75. The van der Waals surface area contributed by atoms with Crippen molar-refractivity contribution in [2.24, 2.45) is 0 Å². The van der Waals surface area contributed by atoms with E-state index in [1.165, 1.54) is 5.56 Å². The molecule has 0 atom stereocenters. The molecule has 0 bridgehead atoms. The number of benzene rings is 3. The van der Waals surface area contributed by atoms with Crippen LogP contribution in [0.5, 0.6) is 11.5 Å². The van der Waals surface area contributed by atoms with Crippen LogP contribution in [-0.4, -0.2) is 18.0 Å². The van der Waals surface area contributed by atoms with Crippen LogP contribution in [0.2, 0.25) is 0 Å². The van der Waals surface area contributed by atoms with Gasteiger partial charge in [-0.15, -0.1) is 0 Å². The van der Waals surface area contributed by atoms with Crippen LogP contribution < -0.4 is 10.1 Å². The summed E-state index contributed by atoms with van der Waals surface area (Å²) in [5, 5.41) is 3.17. The van der Waals surface area contributed by atoms with E-state index in [1.807, 2.05) is 75.5 Å². The number of para-hydroxylation sites is 1. The Morgan fingerprint density at radius 1 is 0.935 bits per heavy atom. The number of carbonyl (C=O) groups excluding carboxylic acids is 1. The topological polar surface area (TPSA) is 41.6 Å². The van der Waals surface area contributed by atoms with Crippen molar-refractivity contribution in [1.29, 1.82) is 0 Å². The normalized spacial score (nSPS) is 11.3. The highest BCUT2D eigenvalue weighted by atomic mass is 16.5. The predicted molar refractivity (Wildman–Crippen MR) is 127 cm³/mol. The van der Waals surface area contributed by atoms with Crippen molar-refractivity contribution in [3.05, 3.63) is 95.6 Å². The van der Waals surface area contributed by atoms with E-state index in [9.17, 15) is 4.79 Å². The van der Waals surface area contributed by atoms with Gasteiger partial charge in [-0.25, -0.2) is 4.79 Å². The Bertz CT molecular complexity index is 995. The highest BCUT2D eigenvalue weighted by Crippen LogP contribution is 2.25. The standard InChI is InChI=1S/C27H32N2O2/c1-20(2)22-10-9-11-23(18-22)27(3,4)28-26(30)29(5)19-21-14-16-25(17-15-21)31-24-12-7-6-8-13-24/h6-18,20H,19H2,1-5H3,(H,28,30). The Morgan fingerprint density at radius 3 is 2.23 bits per heavy atom. The van der Waals surface area contributed by atoms with Crippen LogP contribution in [0.4, 0.5) is 4.79 Å². The Labute approximate surface area is 185 Å². The molecule has 0 aliphatic rings. The number of urea groups is 1. The van der Waals surface area contributed by atoms with Crippen LogP contribution in [-0.2, 0) is 12.1 Å². The third-order valence-electron chi connectivity index (χ3n) is 5.36. The Hall–Kier alpha value is -3.27. The first kappa shape index (κ1) is 22.4. The van der Waals surface area contributed by atoms with E-state index in [-0.39, 0.29) is 6.03 Å². The number of nitrogens with zero attached hydrogens (tertiary/aromatic N) is 1. The lowest BCUT2D eigenvalue weighted by molar-refractivity contribution is 0.195. The van der Waals surface area contributed by atoms with Crippen LogP contribution >= 0.6 is 0 Å². The first-order valence-corrected chi connectivity index (χ1v) is 10.7. The van der Waals surface area contributed by atoms with Gasteiger partial charge in [0.05, 0.1) is 5.54 Å². The van der Waals surface area contributed by atoms with Crippen molar-refractivity contribution in [2.75, 3.05) is 7.05 Å². The molecule has 3 aromatic carbocycles. The smallest absolute Gasteiger partial charge is 0.318 e. The van der Waals surface area contributed by atoms with Gasteiger partial charge in [0.1, 0.15) is 11.5 Å². The van der Waals surface area contributed by atoms with Crippen molar-refractivity contribution in [1.82, 2.24) is 10.2 Å². The lowest BCUT2D eigenvalue weighted by Gasteiger charge is -2.30. The fourth-order valence-electron chi connectivity index (χ4n) is 3.35. The van der Waals surface area contributed by atoms with Crippen molar-refractivity contribution in [3.63, 3.8) is 0 Å². The summed E-state index contributed by atoms with van der Waals surface area (Å²) in [6, 6.07) is 25.8. The Morgan fingerprint density at radius 2 is 1.58 bits per heavy atom. The average Bonchev–Trinajstić information content (AvgIpc) is 2.75. The number of nitrogens with one attached hydrogen (secondary N) is 1. The lowest BCUT2D eigenvalue weighted by atomic mass is 9.90. The molecular weight excluding hydrogens is 384 g/mol. The summed E-state index contributed by atoms with van der Waals surface area (Å²) in [5.41, 5.74) is 2.94. The molecule has 4 heteroatoms. The number of hydrogen-bond donors (Lipinski definition) is 1. The number of ether oxygens (including phenoxy) is 1. The second kappa shape index (κ2) is 9.69. The summed E-state index contributed by atoms with van der Waals surface area (Å²) in [6.07, 6.45) is 0. The zero-order valence-corrected chi connectivity index (χ0v) is 19.1. The number of amides is 2. The zero-order chi connectivity index (χ0) is 22.4. The molecule has 0 heterocycles. The molecule has 0 unspecified atom stereocenters. The van der Waals surface area contributed by atoms with Crippen molar-refractivity contribution >= 4 is 6.03 Å². The van der Waals surface area contributed by atoms with Crippen LogP contribution in [0.1, 0.15) is 50.3 Å². The molecule has 2 amide bonds. The molecule has 0 aromatic heterocycles. The van der Waals surface area contributed by atoms with Gasteiger partial charge in [-0.1, -0.05) is 68.4 Å². The Balaban J connectivity index is 1.60. The Kier molecular flexibility index (Phi) is 7.01. The second-order valence-electron chi connectivity index (χ2n) is 8.75. The zero-order valence-electron chi connectivity index (χ0n) is 19.1. The van der Waals surface area contributed by atoms with Gasteiger partial charge in [0.2, 0.25) is 0 Å². The van der Waals surface area contributed by atoms with Crippen molar-refractivity contribution in [2.45, 2.75) is 45.7 Å². The molecule has 1 N–H and O–H groups in total. The summed E-state index contributed by atoms with van der Waals surface area (Å²) in [5.74, 6) is 2.02. The minimum atomic E-state index is -0.469. The second-order valence-corrected chi connectivity index (χ2v) is 8.75. The fraction of sp³-hybridized carbons (Fsp3) is 0.296. The van der Waals surface area contributed by atoms with Gasteiger partial charge in [-0.05, 0) is 60.7 Å². The van der Waals surface area contributed by atoms with Crippen LogP contribution in [0, 0.1) is 0 Å². The summed E-state index contributed by atoms with van der Waals surface area (Å²) in [4.78, 5) is 14.5. The first-order valence-electron chi connectivity index (χ1n) is 10.7. The monoisotopic (exact) mass is 416 g/mol. The largest absolute Gasteiger partial charge is 0.457 e. The lowest BCUT2D eigenvalue weighted by Crippen LogP contribution is -2.46. The van der Waals surface area contributed by atoms with Gasteiger partial charge in [0.25, 0.3) is 0 Å². The molecule has 3 aromatic rings. The summed E-state index contributed by atoms with van der Waals surface area (Å²) < 4.78 is 5.83. The molecule has 0 saturated heterocycles. The molecule has 0 aliphatic carbocycles. The highest BCUT2D eigenvalue weighted by Gasteiger charge is 2.25. The predicted octanol–water partition coefficient (Wildman–Crippen LogP) is 6.68. The van der Waals surface area contributed by atoms with Crippen molar-refractivity contribution < 1.29 is 9.53 Å². The van der Waals surface area contributed by atoms with Gasteiger partial charge in [0, 0.05) is 13.6 Å². The maximum absolute atomic E-state index is 12.9. The maximum atomic E-state index is 12.9. The molecule has 0 saturated carbocycles. The van der Waals surface area contributed by atoms with E-state index >= 15 is 0 Å². The van der Waals surface area contributed by atoms with E-state index in [0.717, 1.165) is 22.6 Å². The molecule has 0 aliphatic heterocycles. The van der Waals surface area contributed by atoms with Gasteiger partial charge < -0.3 is 15.0 Å². The van der Waals surface area contributed by atoms with Crippen molar-refractivity contribution in [3.8, 4) is 11.5 Å². The number of rotatable bonds is 7. The van der Waals surface area contributed by atoms with E-state index < -0.39 is 5.54 Å². The fourth-order valence-corrected chi connectivity index (χ4v) is 3.35. The molecule has 4 nitrogen and oxygen atoms in total. The third kappa shape index (κ3) is 6.11. The quantitative estimate of drug-likeness (QED) is 0.467. The van der Waals surface area contributed by atoms with E-state index in [4.69, 9.17) is 4.74 Å². The SMILES string of the molecule is CC(C)c1cccc(C(C)(C)NC(=O)N(C)Cc2ccc(Oc3ccccc3)cc2)c1. The molecule has 0 spiro atoms. The first-order chi connectivity index (χ1) is 14.7. The van der Waals surface area contributed by atoms with Gasteiger partial charge >= 0.3 is 6.03 Å². The number of carbonyl (C=O) groups is 1. The van der Waals surface area contributed by atoms with Crippen LogP contribution in [0.25, 0.3) is 0 Å². The summed E-state index contributed by atoms with van der Waals surface area (Å²) >= 11 is 0. The summed E-state index contributed by atoms with van der Waals surface area (Å²) in [6.45, 7) is 8.94. The molecule has 162 valence electrons. The molecule has 31 heavy (non-hydrogen) atoms. The van der Waals surface area contributed by atoms with Gasteiger partial charge in [-0.2, -0.15) is 0 Å². The van der Waals surface area contributed by atoms with Gasteiger partial charge in [-0.3, -0.25) is 0 Å². The van der Waals surface area contributed by atoms with Crippen LogP contribution in [0.15, 0.2) is 78.9 Å². The maximum Gasteiger partial charge on any atom is 0.318 e. The minimum absolute atomic E-state index is 0.107. The average molecular weight is 417 g/mol. The van der Waals surface area contributed by atoms with E-state index in [0.29, 0.717) is 12.5 Å². The third-order valence-corrected chi connectivity index (χ3v) is 5.36.